The zero-order valence-electron chi connectivity index (χ0n) is 10.3. The van der Waals surface area contributed by atoms with Gasteiger partial charge in [-0.05, 0) is 19.3 Å². The van der Waals surface area contributed by atoms with E-state index >= 15 is 0 Å². The summed E-state index contributed by atoms with van der Waals surface area (Å²) >= 11 is 0. The van der Waals surface area contributed by atoms with Gasteiger partial charge in [-0.2, -0.15) is 0 Å². The predicted molar refractivity (Wildman–Crippen MR) is 62.8 cm³/mol. The summed E-state index contributed by atoms with van der Waals surface area (Å²) in [6.45, 7) is 2.23. The summed E-state index contributed by atoms with van der Waals surface area (Å²) in [4.78, 5) is 0. The highest BCUT2D eigenvalue weighted by atomic mass is 28.4. The monoisotopic (exact) mass is 232 g/mol. The van der Waals surface area contributed by atoms with Crippen LogP contribution < -0.4 is 0 Å². The summed E-state index contributed by atoms with van der Waals surface area (Å²) in [5.41, 5.74) is 0. The van der Waals surface area contributed by atoms with E-state index in [4.69, 9.17) is 13.3 Å². The van der Waals surface area contributed by atoms with Gasteiger partial charge in [0.15, 0.2) is 0 Å². The van der Waals surface area contributed by atoms with Gasteiger partial charge < -0.3 is 13.3 Å². The summed E-state index contributed by atoms with van der Waals surface area (Å²) in [7, 11) is 1.17. The third-order valence-corrected chi connectivity index (χ3v) is 6.01. The Morgan fingerprint density at radius 1 is 1.27 bits per heavy atom. The first-order valence-electron chi connectivity index (χ1n) is 6.04. The molecule has 1 fully saturated rings. The highest BCUT2D eigenvalue weighted by Gasteiger charge is 2.43. The zero-order chi connectivity index (χ0) is 11.1. The Balaban J connectivity index is 2.34. The van der Waals surface area contributed by atoms with Crippen LogP contribution in [0.1, 0.15) is 45.4 Å². The van der Waals surface area contributed by atoms with Crippen molar-refractivity contribution >= 4 is 8.80 Å². The SMILES string of the molecule is CCCCCC1CCC[Si](OC)(OC)O1. The number of unbranched alkanes of at least 4 members (excludes halogenated alkanes) is 2. The molecule has 0 aromatic carbocycles. The Hall–Kier alpha value is 0.0969. The molecule has 0 bridgehead atoms. The first-order valence-corrected chi connectivity index (χ1v) is 7.97. The van der Waals surface area contributed by atoms with Crippen LogP contribution >= 0.6 is 0 Å². The minimum absolute atomic E-state index is 0.372. The van der Waals surface area contributed by atoms with E-state index in [1.807, 2.05) is 0 Å². The molecule has 0 aliphatic carbocycles. The van der Waals surface area contributed by atoms with Crippen molar-refractivity contribution in [3.05, 3.63) is 0 Å². The molecule has 1 rings (SSSR count). The Labute approximate surface area is 94.5 Å². The molecule has 0 spiro atoms. The molecule has 0 amide bonds. The first kappa shape index (κ1) is 13.2. The van der Waals surface area contributed by atoms with Crippen LogP contribution in [0.4, 0.5) is 0 Å². The highest BCUT2D eigenvalue weighted by molar-refractivity contribution is 6.60. The van der Waals surface area contributed by atoms with Crippen molar-refractivity contribution in [1.82, 2.24) is 0 Å². The maximum Gasteiger partial charge on any atom is 0.500 e. The summed E-state index contributed by atoms with van der Waals surface area (Å²) in [5, 5.41) is 0. The van der Waals surface area contributed by atoms with Crippen molar-refractivity contribution in [2.75, 3.05) is 14.2 Å². The maximum atomic E-state index is 6.01. The van der Waals surface area contributed by atoms with E-state index in [1.165, 1.54) is 32.1 Å². The van der Waals surface area contributed by atoms with Crippen molar-refractivity contribution in [3.63, 3.8) is 0 Å². The normalized spacial score (nSPS) is 25.4. The van der Waals surface area contributed by atoms with Gasteiger partial charge in [0.05, 0.1) is 0 Å². The molecule has 1 aliphatic heterocycles. The van der Waals surface area contributed by atoms with Crippen molar-refractivity contribution in [1.29, 1.82) is 0 Å². The average Bonchev–Trinajstić information content (AvgIpc) is 2.30. The summed E-state index contributed by atoms with van der Waals surface area (Å²) in [6.07, 6.45) is 7.72. The number of rotatable bonds is 6. The molecule has 4 heteroatoms. The number of hydrogen-bond donors (Lipinski definition) is 0. The predicted octanol–water partition coefficient (Wildman–Crippen LogP) is 2.98. The lowest BCUT2D eigenvalue weighted by Gasteiger charge is -2.35. The topological polar surface area (TPSA) is 27.7 Å². The molecule has 1 heterocycles. The van der Waals surface area contributed by atoms with Crippen LogP contribution in [0, 0.1) is 0 Å². The Bertz CT molecular complexity index is 171. The Morgan fingerprint density at radius 2 is 2.00 bits per heavy atom. The molecule has 1 saturated heterocycles. The maximum absolute atomic E-state index is 6.01. The summed E-state index contributed by atoms with van der Waals surface area (Å²) in [5.74, 6) is 0. The number of hydrogen-bond acceptors (Lipinski definition) is 3. The third-order valence-electron chi connectivity index (χ3n) is 3.11. The minimum atomic E-state index is -2.25. The van der Waals surface area contributed by atoms with Crippen LogP contribution in [0.15, 0.2) is 0 Å². The molecule has 0 radical (unpaired) electrons. The van der Waals surface area contributed by atoms with E-state index in [2.05, 4.69) is 6.92 Å². The molecule has 1 atom stereocenters. The van der Waals surface area contributed by atoms with Crippen molar-refractivity contribution in [3.8, 4) is 0 Å². The zero-order valence-corrected chi connectivity index (χ0v) is 11.3. The van der Waals surface area contributed by atoms with Crippen LogP contribution in [0.25, 0.3) is 0 Å². The molecule has 0 saturated carbocycles. The molecule has 3 nitrogen and oxygen atoms in total. The second-order valence-corrected chi connectivity index (χ2v) is 7.14. The molecule has 0 aromatic rings. The molecular weight excluding hydrogens is 208 g/mol. The van der Waals surface area contributed by atoms with E-state index in [0.717, 1.165) is 12.5 Å². The largest absolute Gasteiger partial charge is 0.500 e. The summed E-state index contributed by atoms with van der Waals surface area (Å²) in [6, 6.07) is 0.976. The first-order chi connectivity index (χ1) is 7.26. The molecule has 0 aromatic heterocycles. The Kier molecular flexibility index (Phi) is 5.82. The van der Waals surface area contributed by atoms with Gasteiger partial charge in [0.1, 0.15) is 0 Å². The summed E-state index contributed by atoms with van der Waals surface area (Å²) < 4.78 is 16.9. The van der Waals surface area contributed by atoms with E-state index in [1.54, 1.807) is 14.2 Å². The van der Waals surface area contributed by atoms with Crippen molar-refractivity contribution in [2.45, 2.75) is 57.6 Å². The molecular formula is C11H24O3Si. The van der Waals surface area contributed by atoms with Crippen LogP contribution in [0.5, 0.6) is 0 Å². The van der Waals surface area contributed by atoms with Crippen LogP contribution in [-0.4, -0.2) is 29.1 Å². The van der Waals surface area contributed by atoms with Crippen LogP contribution in [0.3, 0.4) is 0 Å². The highest BCUT2D eigenvalue weighted by Crippen LogP contribution is 2.29. The van der Waals surface area contributed by atoms with Gasteiger partial charge in [0.2, 0.25) is 0 Å². The second-order valence-electron chi connectivity index (χ2n) is 4.22. The van der Waals surface area contributed by atoms with Gasteiger partial charge in [0, 0.05) is 26.4 Å². The quantitative estimate of drug-likeness (QED) is 0.520. The van der Waals surface area contributed by atoms with Gasteiger partial charge in [-0.25, -0.2) is 0 Å². The fourth-order valence-corrected chi connectivity index (χ4v) is 4.39. The molecule has 90 valence electrons. The fourth-order valence-electron chi connectivity index (χ4n) is 2.13. The van der Waals surface area contributed by atoms with E-state index in [-0.39, 0.29) is 0 Å². The fraction of sp³-hybridized carbons (Fsp3) is 1.00. The lowest BCUT2D eigenvalue weighted by Crippen LogP contribution is -2.49. The van der Waals surface area contributed by atoms with Gasteiger partial charge in [-0.1, -0.05) is 26.2 Å². The van der Waals surface area contributed by atoms with Crippen LogP contribution in [0.2, 0.25) is 6.04 Å². The van der Waals surface area contributed by atoms with Gasteiger partial charge in [-0.15, -0.1) is 0 Å². The lowest BCUT2D eigenvalue weighted by molar-refractivity contribution is 0.0288. The average molecular weight is 232 g/mol. The van der Waals surface area contributed by atoms with Gasteiger partial charge in [0.25, 0.3) is 0 Å². The van der Waals surface area contributed by atoms with E-state index in [0.29, 0.717) is 6.10 Å². The minimum Gasteiger partial charge on any atom is -0.377 e. The molecule has 1 unspecified atom stereocenters. The smallest absolute Gasteiger partial charge is 0.377 e. The molecule has 1 aliphatic rings. The van der Waals surface area contributed by atoms with Gasteiger partial charge in [-0.3, -0.25) is 0 Å². The van der Waals surface area contributed by atoms with Crippen molar-refractivity contribution in [2.24, 2.45) is 0 Å². The Morgan fingerprint density at radius 3 is 2.60 bits per heavy atom. The van der Waals surface area contributed by atoms with Crippen molar-refractivity contribution < 1.29 is 13.3 Å². The van der Waals surface area contributed by atoms with Gasteiger partial charge >= 0.3 is 8.80 Å². The molecule has 15 heavy (non-hydrogen) atoms. The standard InChI is InChI=1S/C11H24O3Si/c1-4-5-6-8-11-9-7-10-15(12-2,13-3)14-11/h11H,4-10H2,1-3H3. The lowest BCUT2D eigenvalue weighted by atomic mass is 10.1. The van der Waals surface area contributed by atoms with E-state index in [9.17, 15) is 0 Å². The third kappa shape index (κ3) is 3.87. The van der Waals surface area contributed by atoms with E-state index < -0.39 is 8.80 Å². The molecule has 0 N–H and O–H groups in total. The second kappa shape index (κ2) is 6.63. The van der Waals surface area contributed by atoms with Crippen LogP contribution in [-0.2, 0) is 13.3 Å².